The molecule has 1 fully saturated rings. The molecule has 0 aromatic heterocycles. The van der Waals surface area contributed by atoms with Crippen LogP contribution in [-0.4, -0.2) is 78.0 Å². The molecule has 0 aliphatic carbocycles. The van der Waals surface area contributed by atoms with Crippen LogP contribution in [0.1, 0.15) is 71.1 Å². The molecule has 1 aliphatic heterocycles. The Balaban J connectivity index is 1.70. The van der Waals surface area contributed by atoms with E-state index in [1.807, 2.05) is 0 Å². The zero-order valence-corrected chi connectivity index (χ0v) is 19.2. The third-order valence-corrected chi connectivity index (χ3v) is 5.09. The quantitative estimate of drug-likeness (QED) is 0.220. The number of hydrogen-bond acceptors (Lipinski definition) is 7. The van der Waals surface area contributed by atoms with Crippen LogP contribution in [-0.2, 0) is 28.5 Å². The van der Waals surface area contributed by atoms with Gasteiger partial charge in [0.05, 0.1) is 52.4 Å². The maximum atomic E-state index is 11.6. The fourth-order valence-electron chi connectivity index (χ4n) is 3.29. The summed E-state index contributed by atoms with van der Waals surface area (Å²) in [5.41, 5.74) is 0. The summed E-state index contributed by atoms with van der Waals surface area (Å²) >= 11 is 0. The van der Waals surface area contributed by atoms with Gasteiger partial charge in [0.1, 0.15) is 6.61 Å². The van der Waals surface area contributed by atoms with E-state index in [0.717, 1.165) is 38.8 Å². The van der Waals surface area contributed by atoms with Crippen molar-refractivity contribution in [3.8, 4) is 0 Å². The number of ether oxygens (including phenoxy) is 5. The molecule has 7 heteroatoms. The first-order valence-corrected chi connectivity index (χ1v) is 12.0. The van der Waals surface area contributed by atoms with Gasteiger partial charge in [0.15, 0.2) is 0 Å². The summed E-state index contributed by atoms with van der Waals surface area (Å²) in [5.74, 6) is -0.121. The second-order valence-corrected chi connectivity index (χ2v) is 7.75. The molecular weight excluding hydrogens is 386 g/mol. The Morgan fingerprint density at radius 2 is 1.27 bits per heavy atom. The van der Waals surface area contributed by atoms with Crippen molar-refractivity contribution in [2.24, 2.45) is 0 Å². The Bertz CT molecular complexity index is 377. The normalized spacial score (nSPS) is 14.8. The summed E-state index contributed by atoms with van der Waals surface area (Å²) in [6.07, 6.45) is 11.5. The molecule has 0 spiro atoms. The fourth-order valence-corrected chi connectivity index (χ4v) is 3.29. The Morgan fingerprint density at radius 3 is 1.90 bits per heavy atom. The second-order valence-electron chi connectivity index (χ2n) is 7.75. The maximum absolute atomic E-state index is 11.6. The highest BCUT2D eigenvalue weighted by Gasteiger charge is 2.12. The Labute approximate surface area is 183 Å². The van der Waals surface area contributed by atoms with E-state index in [1.165, 1.54) is 32.1 Å². The molecule has 0 amide bonds. The van der Waals surface area contributed by atoms with Crippen molar-refractivity contribution >= 4 is 5.97 Å². The minimum Gasteiger partial charge on any atom is -0.463 e. The van der Waals surface area contributed by atoms with Crippen molar-refractivity contribution < 1.29 is 28.5 Å². The van der Waals surface area contributed by atoms with Gasteiger partial charge in [-0.2, -0.15) is 0 Å². The molecule has 1 N–H and O–H groups in total. The van der Waals surface area contributed by atoms with Gasteiger partial charge in [0.2, 0.25) is 0 Å². The minimum atomic E-state index is -0.121. The van der Waals surface area contributed by atoms with Crippen molar-refractivity contribution in [3.63, 3.8) is 0 Å². The van der Waals surface area contributed by atoms with Crippen molar-refractivity contribution in [2.45, 2.75) is 77.2 Å². The number of unbranched alkanes of at least 4 members (excludes halogenated alkanes) is 6. The lowest BCUT2D eigenvalue weighted by Gasteiger charge is -2.22. The van der Waals surface area contributed by atoms with Crippen LogP contribution in [0.4, 0.5) is 0 Å². The zero-order chi connectivity index (χ0) is 21.5. The summed E-state index contributed by atoms with van der Waals surface area (Å²) < 4.78 is 27.3. The molecule has 0 atom stereocenters. The van der Waals surface area contributed by atoms with Gasteiger partial charge in [-0.05, 0) is 32.4 Å². The van der Waals surface area contributed by atoms with Crippen LogP contribution in [0.15, 0.2) is 0 Å². The topological polar surface area (TPSA) is 75.3 Å². The molecule has 0 radical (unpaired) electrons. The van der Waals surface area contributed by atoms with Crippen LogP contribution in [0, 0.1) is 0 Å². The van der Waals surface area contributed by atoms with Crippen molar-refractivity contribution in [1.29, 1.82) is 0 Å². The molecule has 1 saturated heterocycles. The lowest BCUT2D eigenvalue weighted by Crippen LogP contribution is -2.33. The Morgan fingerprint density at radius 1 is 0.733 bits per heavy atom. The Hall–Kier alpha value is -0.730. The van der Waals surface area contributed by atoms with E-state index < -0.39 is 0 Å². The summed E-state index contributed by atoms with van der Waals surface area (Å²) in [5, 5.41) is 3.32. The summed E-state index contributed by atoms with van der Waals surface area (Å²) in [4.78, 5) is 11.6. The van der Waals surface area contributed by atoms with Crippen LogP contribution < -0.4 is 5.32 Å². The SMILES string of the molecule is CCCCCCCCCC(=O)OCCOCCOCCOCCOC1CCNCC1. The van der Waals surface area contributed by atoms with Crippen LogP contribution in [0.3, 0.4) is 0 Å². The van der Waals surface area contributed by atoms with E-state index in [0.29, 0.717) is 65.4 Å². The van der Waals surface area contributed by atoms with E-state index >= 15 is 0 Å². The predicted octanol–water partition coefficient (Wildman–Crippen LogP) is 3.49. The first-order valence-electron chi connectivity index (χ1n) is 12.0. The van der Waals surface area contributed by atoms with Gasteiger partial charge in [0, 0.05) is 6.42 Å². The average Bonchev–Trinajstić information content (AvgIpc) is 2.77. The molecule has 30 heavy (non-hydrogen) atoms. The lowest BCUT2D eigenvalue weighted by atomic mass is 10.1. The molecular formula is C23H45NO6. The van der Waals surface area contributed by atoms with E-state index in [9.17, 15) is 4.79 Å². The number of piperidine rings is 1. The summed E-state index contributed by atoms with van der Waals surface area (Å²) in [7, 11) is 0. The van der Waals surface area contributed by atoms with E-state index in [-0.39, 0.29) is 5.97 Å². The third kappa shape index (κ3) is 18.1. The molecule has 0 aromatic carbocycles. The van der Waals surface area contributed by atoms with Gasteiger partial charge in [-0.15, -0.1) is 0 Å². The molecule has 0 saturated carbocycles. The number of nitrogens with one attached hydrogen (secondary N) is 1. The number of rotatable bonds is 21. The first kappa shape index (κ1) is 27.3. The lowest BCUT2D eigenvalue weighted by molar-refractivity contribution is -0.145. The molecule has 0 unspecified atom stereocenters. The monoisotopic (exact) mass is 431 g/mol. The van der Waals surface area contributed by atoms with Gasteiger partial charge in [-0.3, -0.25) is 4.79 Å². The first-order chi connectivity index (χ1) is 14.8. The van der Waals surface area contributed by atoms with Crippen LogP contribution in [0.2, 0.25) is 0 Å². The summed E-state index contributed by atoms with van der Waals surface area (Å²) in [6.45, 7) is 8.40. The van der Waals surface area contributed by atoms with E-state index in [4.69, 9.17) is 23.7 Å². The summed E-state index contributed by atoms with van der Waals surface area (Å²) in [6, 6.07) is 0. The number of esters is 1. The molecule has 0 aromatic rings. The molecule has 1 aliphatic rings. The zero-order valence-electron chi connectivity index (χ0n) is 19.2. The van der Waals surface area contributed by atoms with Gasteiger partial charge < -0.3 is 29.0 Å². The number of carbonyl (C=O) groups is 1. The van der Waals surface area contributed by atoms with Crippen molar-refractivity contribution in [3.05, 3.63) is 0 Å². The largest absolute Gasteiger partial charge is 0.463 e. The molecule has 1 heterocycles. The highest BCUT2D eigenvalue weighted by molar-refractivity contribution is 5.69. The van der Waals surface area contributed by atoms with Crippen molar-refractivity contribution in [1.82, 2.24) is 5.32 Å². The van der Waals surface area contributed by atoms with Gasteiger partial charge in [0.25, 0.3) is 0 Å². The van der Waals surface area contributed by atoms with Crippen molar-refractivity contribution in [2.75, 3.05) is 65.9 Å². The van der Waals surface area contributed by atoms with Crippen LogP contribution in [0.25, 0.3) is 0 Å². The smallest absolute Gasteiger partial charge is 0.305 e. The highest BCUT2D eigenvalue weighted by atomic mass is 16.6. The number of hydrogen-bond donors (Lipinski definition) is 1. The van der Waals surface area contributed by atoms with E-state index in [1.54, 1.807) is 0 Å². The van der Waals surface area contributed by atoms with E-state index in [2.05, 4.69) is 12.2 Å². The highest BCUT2D eigenvalue weighted by Crippen LogP contribution is 2.09. The third-order valence-electron chi connectivity index (χ3n) is 5.09. The standard InChI is InChI=1S/C23H45NO6/c1-2-3-4-5-6-7-8-9-23(25)30-21-19-28-17-15-26-14-16-27-18-20-29-22-10-12-24-13-11-22/h22,24H,2-21H2,1H3. The number of carbonyl (C=O) groups excluding carboxylic acids is 1. The van der Waals surface area contributed by atoms with Gasteiger partial charge in [-0.1, -0.05) is 45.4 Å². The van der Waals surface area contributed by atoms with Gasteiger partial charge >= 0.3 is 5.97 Å². The molecule has 1 rings (SSSR count). The second kappa shape index (κ2) is 21.5. The Kier molecular flexibility index (Phi) is 19.6. The van der Waals surface area contributed by atoms with Gasteiger partial charge in [-0.25, -0.2) is 0 Å². The van der Waals surface area contributed by atoms with Crippen LogP contribution in [0.5, 0.6) is 0 Å². The minimum absolute atomic E-state index is 0.121. The van der Waals surface area contributed by atoms with Crippen LogP contribution >= 0.6 is 0 Å². The predicted molar refractivity (Wildman–Crippen MR) is 118 cm³/mol. The molecule has 7 nitrogen and oxygen atoms in total. The maximum Gasteiger partial charge on any atom is 0.305 e. The fraction of sp³-hybridized carbons (Fsp3) is 0.957. The average molecular weight is 432 g/mol. The molecule has 178 valence electrons. The molecule has 0 bridgehead atoms.